The second-order valence-corrected chi connectivity index (χ2v) is 4.93. The monoisotopic (exact) mass is 315 g/mol. The lowest BCUT2D eigenvalue weighted by Gasteiger charge is -2.16. The van der Waals surface area contributed by atoms with Crippen molar-refractivity contribution < 1.29 is 32.6 Å². The van der Waals surface area contributed by atoms with E-state index in [-0.39, 0.29) is 23.1 Å². The summed E-state index contributed by atoms with van der Waals surface area (Å²) in [4.78, 5) is 23.5. The summed E-state index contributed by atoms with van der Waals surface area (Å²) in [6, 6.07) is 1.38. The number of aliphatic hydroxyl groups excluding tert-OH is 1. The summed E-state index contributed by atoms with van der Waals surface area (Å²) in [6.45, 7) is 1.08. The topological polar surface area (TPSA) is 81.3 Å². The lowest BCUT2D eigenvalue weighted by Crippen LogP contribution is -2.40. The van der Waals surface area contributed by atoms with Crippen molar-refractivity contribution in [1.82, 2.24) is 0 Å². The molecule has 1 heterocycles. The fourth-order valence-corrected chi connectivity index (χ4v) is 2.31. The van der Waals surface area contributed by atoms with Crippen LogP contribution in [0.2, 0.25) is 0 Å². The number of nitrogens with zero attached hydrogens (tertiary/aromatic N) is 1. The first-order valence-corrected chi connectivity index (χ1v) is 6.45. The fourth-order valence-electron chi connectivity index (χ4n) is 2.31. The number of rotatable bonds is 1. The van der Waals surface area contributed by atoms with Crippen molar-refractivity contribution in [2.45, 2.75) is 32.4 Å². The standard InChI is InChI=1S/C14H12F3NO4/c1-7-8(5-6-11(18(7)22)14(15,16)17)13(21)12-9(19)3-2-4-10(12)20/h5-6,21H,2-4H2,1H3. The molecule has 0 spiro atoms. The summed E-state index contributed by atoms with van der Waals surface area (Å²) in [5.41, 5.74) is -2.59. The molecule has 1 aromatic rings. The van der Waals surface area contributed by atoms with Crippen LogP contribution >= 0.6 is 0 Å². The molecule has 1 aromatic heterocycles. The SMILES string of the molecule is Cc1c(C(O)=C2C(=O)CCCC2=O)ccc(C(F)(F)F)[n+]1[O-]. The molecule has 1 fully saturated rings. The molecule has 1 N–H and O–H groups in total. The van der Waals surface area contributed by atoms with Crippen molar-refractivity contribution in [3.05, 3.63) is 39.9 Å². The Morgan fingerprint density at radius 1 is 1.23 bits per heavy atom. The van der Waals surface area contributed by atoms with E-state index >= 15 is 0 Å². The summed E-state index contributed by atoms with van der Waals surface area (Å²) in [5.74, 6) is -1.90. The zero-order valence-electron chi connectivity index (χ0n) is 11.5. The van der Waals surface area contributed by atoms with Gasteiger partial charge in [-0.2, -0.15) is 17.9 Å². The van der Waals surface area contributed by atoms with Crippen LogP contribution in [-0.4, -0.2) is 16.7 Å². The fraction of sp³-hybridized carbons (Fsp3) is 0.357. The van der Waals surface area contributed by atoms with E-state index in [4.69, 9.17) is 0 Å². The van der Waals surface area contributed by atoms with Gasteiger partial charge in [-0.25, -0.2) is 0 Å². The van der Waals surface area contributed by atoms with E-state index in [0.29, 0.717) is 12.5 Å². The van der Waals surface area contributed by atoms with Gasteiger partial charge < -0.3 is 10.3 Å². The van der Waals surface area contributed by atoms with Crippen molar-refractivity contribution >= 4 is 17.3 Å². The Kier molecular flexibility index (Phi) is 3.95. The number of carbonyl (C=O) groups excluding carboxylic acids is 2. The number of ketones is 2. The van der Waals surface area contributed by atoms with Gasteiger partial charge in [-0.15, -0.1) is 0 Å². The molecule has 1 aliphatic rings. The van der Waals surface area contributed by atoms with Gasteiger partial charge in [-0.3, -0.25) is 9.59 Å². The number of pyridine rings is 1. The van der Waals surface area contributed by atoms with Crippen molar-refractivity contribution in [3.63, 3.8) is 0 Å². The molecule has 22 heavy (non-hydrogen) atoms. The molecule has 0 saturated heterocycles. The minimum absolute atomic E-state index is 0.0716. The van der Waals surface area contributed by atoms with Crippen LogP contribution in [-0.2, 0) is 15.8 Å². The second-order valence-electron chi connectivity index (χ2n) is 4.93. The number of aliphatic hydroxyl groups is 1. The highest BCUT2D eigenvalue weighted by molar-refractivity contribution is 6.25. The average Bonchev–Trinajstić information content (AvgIpc) is 2.40. The number of carbonyl (C=O) groups is 2. The minimum Gasteiger partial charge on any atom is -0.618 e. The molecule has 0 amide bonds. The first-order chi connectivity index (χ1) is 10.1. The lowest BCUT2D eigenvalue weighted by atomic mass is 9.89. The molecule has 0 aromatic carbocycles. The zero-order valence-corrected chi connectivity index (χ0v) is 11.5. The Hall–Kier alpha value is -2.38. The van der Waals surface area contributed by atoms with Crippen molar-refractivity contribution in [2.24, 2.45) is 0 Å². The van der Waals surface area contributed by atoms with E-state index < -0.39 is 40.5 Å². The van der Waals surface area contributed by atoms with Gasteiger partial charge in [0.05, 0.1) is 5.56 Å². The van der Waals surface area contributed by atoms with Crippen molar-refractivity contribution in [2.75, 3.05) is 0 Å². The summed E-state index contributed by atoms with van der Waals surface area (Å²) < 4.78 is 37.5. The number of allylic oxidation sites excluding steroid dienone is 1. The number of aromatic nitrogens is 1. The Morgan fingerprint density at radius 3 is 2.27 bits per heavy atom. The molecular weight excluding hydrogens is 303 g/mol. The molecule has 118 valence electrons. The molecule has 0 unspecified atom stereocenters. The van der Waals surface area contributed by atoms with Crippen LogP contribution in [0.15, 0.2) is 17.7 Å². The van der Waals surface area contributed by atoms with E-state index in [9.17, 15) is 33.1 Å². The predicted octanol–water partition coefficient (Wildman–Crippen LogP) is 2.24. The second kappa shape index (κ2) is 5.43. The van der Waals surface area contributed by atoms with E-state index in [1.54, 1.807) is 0 Å². The molecule has 0 aliphatic heterocycles. The van der Waals surface area contributed by atoms with Gasteiger partial charge in [-0.1, -0.05) is 0 Å². The predicted molar refractivity (Wildman–Crippen MR) is 68.6 cm³/mol. The van der Waals surface area contributed by atoms with Gasteiger partial charge in [0, 0.05) is 25.8 Å². The molecule has 5 nitrogen and oxygen atoms in total. The van der Waals surface area contributed by atoms with Gasteiger partial charge in [0.15, 0.2) is 11.6 Å². The third-order valence-electron chi connectivity index (χ3n) is 3.47. The number of halogens is 3. The smallest absolute Gasteiger partial charge is 0.478 e. The van der Waals surface area contributed by atoms with Crippen LogP contribution in [0, 0.1) is 12.1 Å². The Balaban J connectivity index is 2.61. The highest BCUT2D eigenvalue weighted by Gasteiger charge is 2.41. The van der Waals surface area contributed by atoms with Gasteiger partial charge >= 0.3 is 6.18 Å². The highest BCUT2D eigenvalue weighted by atomic mass is 19.4. The van der Waals surface area contributed by atoms with E-state index in [1.165, 1.54) is 0 Å². The van der Waals surface area contributed by atoms with E-state index in [1.807, 2.05) is 0 Å². The summed E-state index contributed by atoms with van der Waals surface area (Å²) in [5, 5.41) is 21.8. The third-order valence-corrected chi connectivity index (χ3v) is 3.47. The van der Waals surface area contributed by atoms with Gasteiger partial charge in [0.2, 0.25) is 5.69 Å². The Labute approximate surface area is 123 Å². The Morgan fingerprint density at radius 2 is 1.77 bits per heavy atom. The molecule has 8 heteroatoms. The average molecular weight is 315 g/mol. The largest absolute Gasteiger partial charge is 0.618 e. The van der Waals surface area contributed by atoms with Gasteiger partial charge in [0.25, 0.3) is 5.69 Å². The molecular formula is C14H12F3NO4. The molecule has 1 saturated carbocycles. The number of alkyl halides is 3. The van der Waals surface area contributed by atoms with Crippen LogP contribution in [0.5, 0.6) is 0 Å². The van der Waals surface area contributed by atoms with E-state index in [0.717, 1.165) is 13.0 Å². The van der Waals surface area contributed by atoms with Crippen LogP contribution < -0.4 is 4.73 Å². The van der Waals surface area contributed by atoms with Crippen molar-refractivity contribution in [3.8, 4) is 0 Å². The van der Waals surface area contributed by atoms with Crippen LogP contribution in [0.4, 0.5) is 13.2 Å². The molecule has 0 radical (unpaired) electrons. The molecule has 2 rings (SSSR count). The molecule has 0 atom stereocenters. The summed E-state index contributed by atoms with van der Waals surface area (Å²) in [6.07, 6.45) is -4.34. The number of Topliss-reactive ketones (excluding diaryl/α,β-unsaturated/α-hetero) is 2. The first-order valence-electron chi connectivity index (χ1n) is 6.45. The lowest BCUT2D eigenvalue weighted by molar-refractivity contribution is -0.635. The maximum absolute atomic E-state index is 12.6. The third kappa shape index (κ3) is 2.68. The van der Waals surface area contributed by atoms with Gasteiger partial charge in [0.1, 0.15) is 11.3 Å². The van der Waals surface area contributed by atoms with Gasteiger partial charge in [-0.05, 0) is 12.5 Å². The Bertz CT molecular complexity index is 674. The summed E-state index contributed by atoms with van der Waals surface area (Å²) in [7, 11) is 0. The van der Waals surface area contributed by atoms with Crippen LogP contribution in [0.3, 0.4) is 0 Å². The molecule has 0 bridgehead atoms. The number of hydrogen-bond acceptors (Lipinski definition) is 4. The highest BCUT2D eigenvalue weighted by Crippen LogP contribution is 2.30. The normalized spacial score (nSPS) is 16.1. The first kappa shape index (κ1) is 16.0. The maximum atomic E-state index is 12.6. The quantitative estimate of drug-likeness (QED) is 0.283. The van der Waals surface area contributed by atoms with Crippen LogP contribution in [0.1, 0.15) is 36.2 Å². The van der Waals surface area contributed by atoms with Crippen molar-refractivity contribution in [1.29, 1.82) is 0 Å². The minimum atomic E-state index is -4.84. The van der Waals surface area contributed by atoms with E-state index in [2.05, 4.69) is 0 Å². The summed E-state index contributed by atoms with van der Waals surface area (Å²) >= 11 is 0. The molecule has 1 aliphatic carbocycles. The maximum Gasteiger partial charge on any atom is 0.478 e. The van der Waals surface area contributed by atoms with Crippen LogP contribution in [0.25, 0.3) is 5.76 Å². The zero-order chi connectivity index (χ0) is 16.7. The number of hydrogen-bond donors (Lipinski definition) is 1.